The Labute approximate surface area is 157 Å². The van der Waals surface area contributed by atoms with Crippen molar-refractivity contribution in [1.29, 1.82) is 0 Å². The van der Waals surface area contributed by atoms with Gasteiger partial charge in [-0.3, -0.25) is 9.36 Å². The number of aromatic nitrogens is 1. The van der Waals surface area contributed by atoms with Crippen molar-refractivity contribution in [1.82, 2.24) is 4.57 Å². The molecular weight excluding hydrogens is 350 g/mol. The normalized spacial score (nSPS) is 10.9. The summed E-state index contributed by atoms with van der Waals surface area (Å²) in [5.41, 5.74) is 3.19. The number of carbonyl (C=O) groups excluding carboxylic acids is 2. The molecule has 1 aromatic heterocycles. The zero-order chi connectivity index (χ0) is 18.8. The van der Waals surface area contributed by atoms with E-state index < -0.39 is 0 Å². The van der Waals surface area contributed by atoms with Gasteiger partial charge in [0.1, 0.15) is 11.5 Å². The van der Waals surface area contributed by atoms with Crippen molar-refractivity contribution in [3.63, 3.8) is 0 Å². The van der Waals surface area contributed by atoms with Gasteiger partial charge in [0, 0.05) is 28.1 Å². The number of methoxy groups -OCH3 is 1. The third kappa shape index (κ3) is 3.37. The molecule has 1 heterocycles. The number of hydrogen-bond acceptors (Lipinski definition) is 3. The zero-order valence-corrected chi connectivity index (χ0v) is 15.8. The number of halogens is 1. The Bertz CT molecular complexity index is 987. The van der Waals surface area contributed by atoms with E-state index in [0.29, 0.717) is 23.4 Å². The van der Waals surface area contributed by atoms with E-state index in [1.54, 1.807) is 42.9 Å². The lowest BCUT2D eigenvalue weighted by Gasteiger charge is -2.10. The summed E-state index contributed by atoms with van der Waals surface area (Å²) in [6.45, 7) is 3.54. The van der Waals surface area contributed by atoms with Crippen LogP contribution in [0.15, 0.2) is 42.5 Å². The number of aryl methyl sites for hydroxylation is 1. The van der Waals surface area contributed by atoms with E-state index in [4.69, 9.17) is 16.3 Å². The average molecular weight is 370 g/mol. The standard InChI is InChI=1S/C21H20ClNO3/c1-13(24)4-10-19-14(2)18-12-17(26-3)9-11-20(18)23(19)21(25)15-5-7-16(22)8-6-15/h5-9,11-12H,4,10H2,1-3H3. The lowest BCUT2D eigenvalue weighted by Crippen LogP contribution is -2.16. The molecule has 0 aliphatic rings. The number of fused-ring (bicyclic) bond motifs is 1. The summed E-state index contributed by atoms with van der Waals surface area (Å²) in [6, 6.07) is 12.5. The maximum absolute atomic E-state index is 13.2. The summed E-state index contributed by atoms with van der Waals surface area (Å²) >= 11 is 5.94. The Morgan fingerprint density at radius 2 is 1.81 bits per heavy atom. The molecule has 0 saturated carbocycles. The summed E-state index contributed by atoms with van der Waals surface area (Å²) in [5, 5.41) is 1.53. The van der Waals surface area contributed by atoms with Gasteiger partial charge in [0.25, 0.3) is 5.91 Å². The molecule has 0 atom stereocenters. The van der Waals surface area contributed by atoms with Crippen LogP contribution in [0.1, 0.15) is 35.0 Å². The Morgan fingerprint density at radius 3 is 2.42 bits per heavy atom. The topological polar surface area (TPSA) is 48.3 Å². The molecule has 0 radical (unpaired) electrons. The Balaban J connectivity index is 2.20. The average Bonchev–Trinajstić information content (AvgIpc) is 2.91. The first-order valence-electron chi connectivity index (χ1n) is 8.40. The van der Waals surface area contributed by atoms with Crippen LogP contribution in [0.2, 0.25) is 5.02 Å². The summed E-state index contributed by atoms with van der Waals surface area (Å²) in [7, 11) is 1.61. The summed E-state index contributed by atoms with van der Waals surface area (Å²) < 4.78 is 7.02. The first-order valence-corrected chi connectivity index (χ1v) is 8.77. The van der Waals surface area contributed by atoms with Gasteiger partial charge in [-0.2, -0.15) is 0 Å². The van der Waals surface area contributed by atoms with Gasteiger partial charge in [-0.25, -0.2) is 0 Å². The number of rotatable bonds is 5. The Hall–Kier alpha value is -2.59. The number of ketones is 1. The summed E-state index contributed by atoms with van der Waals surface area (Å²) in [4.78, 5) is 24.7. The highest BCUT2D eigenvalue weighted by Gasteiger charge is 2.21. The molecule has 0 fully saturated rings. The molecule has 26 heavy (non-hydrogen) atoms. The van der Waals surface area contributed by atoms with E-state index in [-0.39, 0.29) is 11.7 Å². The van der Waals surface area contributed by atoms with Gasteiger partial charge in [-0.15, -0.1) is 0 Å². The molecule has 0 saturated heterocycles. The summed E-state index contributed by atoms with van der Waals surface area (Å²) in [5.74, 6) is 0.691. The second-order valence-corrected chi connectivity index (χ2v) is 6.74. The highest BCUT2D eigenvalue weighted by atomic mass is 35.5. The monoisotopic (exact) mass is 369 g/mol. The Kier molecular flexibility index (Phi) is 5.14. The van der Waals surface area contributed by atoms with E-state index in [1.807, 2.05) is 25.1 Å². The molecule has 134 valence electrons. The van der Waals surface area contributed by atoms with Crippen LogP contribution in [-0.2, 0) is 11.2 Å². The fourth-order valence-electron chi connectivity index (χ4n) is 3.15. The SMILES string of the molecule is COc1ccc2c(c1)c(C)c(CCC(C)=O)n2C(=O)c1ccc(Cl)cc1. The molecule has 0 spiro atoms. The van der Waals surface area contributed by atoms with Crippen LogP contribution in [-0.4, -0.2) is 23.4 Å². The van der Waals surface area contributed by atoms with Crippen molar-refractivity contribution in [3.05, 3.63) is 64.3 Å². The van der Waals surface area contributed by atoms with E-state index >= 15 is 0 Å². The van der Waals surface area contributed by atoms with Crippen molar-refractivity contribution in [2.24, 2.45) is 0 Å². The minimum absolute atomic E-state index is 0.0951. The van der Waals surface area contributed by atoms with Crippen molar-refractivity contribution in [3.8, 4) is 5.75 Å². The van der Waals surface area contributed by atoms with Crippen LogP contribution in [0.5, 0.6) is 5.75 Å². The maximum atomic E-state index is 13.2. The van der Waals surface area contributed by atoms with Crippen LogP contribution >= 0.6 is 11.6 Å². The van der Waals surface area contributed by atoms with Crippen LogP contribution in [0.3, 0.4) is 0 Å². The lowest BCUT2D eigenvalue weighted by molar-refractivity contribution is -0.117. The molecule has 0 bridgehead atoms. The van der Waals surface area contributed by atoms with Crippen molar-refractivity contribution >= 4 is 34.2 Å². The minimum atomic E-state index is -0.136. The zero-order valence-electron chi connectivity index (χ0n) is 15.0. The quantitative estimate of drug-likeness (QED) is 0.647. The third-order valence-electron chi connectivity index (χ3n) is 4.56. The van der Waals surface area contributed by atoms with Crippen LogP contribution in [0, 0.1) is 6.92 Å². The van der Waals surface area contributed by atoms with Crippen molar-refractivity contribution in [2.75, 3.05) is 7.11 Å². The van der Waals surface area contributed by atoms with Gasteiger partial charge in [-0.05, 0) is 68.3 Å². The minimum Gasteiger partial charge on any atom is -0.497 e. The molecule has 3 rings (SSSR count). The highest BCUT2D eigenvalue weighted by Crippen LogP contribution is 2.31. The smallest absolute Gasteiger partial charge is 0.262 e. The molecule has 0 aliphatic carbocycles. The first-order chi connectivity index (χ1) is 12.4. The second-order valence-electron chi connectivity index (χ2n) is 6.30. The lowest BCUT2D eigenvalue weighted by atomic mass is 10.1. The number of Topliss-reactive ketones (excluding diaryl/α,β-unsaturated/α-hetero) is 1. The van der Waals surface area contributed by atoms with Crippen LogP contribution in [0.4, 0.5) is 0 Å². The fraction of sp³-hybridized carbons (Fsp3) is 0.238. The molecule has 0 amide bonds. The third-order valence-corrected chi connectivity index (χ3v) is 4.81. The van der Waals surface area contributed by atoms with Crippen LogP contribution < -0.4 is 4.74 Å². The molecule has 0 unspecified atom stereocenters. The first kappa shape index (κ1) is 18.2. The highest BCUT2D eigenvalue weighted by molar-refractivity contribution is 6.30. The molecule has 0 N–H and O–H groups in total. The van der Waals surface area contributed by atoms with Crippen LogP contribution in [0.25, 0.3) is 10.9 Å². The van der Waals surface area contributed by atoms with Gasteiger partial charge in [0.05, 0.1) is 12.6 Å². The van der Waals surface area contributed by atoms with Gasteiger partial charge in [0.2, 0.25) is 0 Å². The molecular formula is C21H20ClNO3. The molecule has 4 nitrogen and oxygen atoms in total. The molecule has 3 aromatic rings. The largest absolute Gasteiger partial charge is 0.497 e. The van der Waals surface area contributed by atoms with Gasteiger partial charge >= 0.3 is 0 Å². The Morgan fingerprint density at radius 1 is 1.12 bits per heavy atom. The number of benzene rings is 2. The fourth-order valence-corrected chi connectivity index (χ4v) is 3.28. The number of nitrogens with zero attached hydrogens (tertiary/aromatic N) is 1. The molecule has 2 aromatic carbocycles. The number of hydrogen-bond donors (Lipinski definition) is 0. The van der Waals surface area contributed by atoms with E-state index in [2.05, 4.69) is 0 Å². The maximum Gasteiger partial charge on any atom is 0.262 e. The van der Waals surface area contributed by atoms with Gasteiger partial charge in [0.15, 0.2) is 0 Å². The number of ether oxygens (including phenoxy) is 1. The van der Waals surface area contributed by atoms with E-state index in [0.717, 1.165) is 27.9 Å². The molecule has 5 heteroatoms. The van der Waals surface area contributed by atoms with Gasteiger partial charge in [-0.1, -0.05) is 11.6 Å². The second kappa shape index (κ2) is 7.34. The number of carbonyl (C=O) groups is 2. The van der Waals surface area contributed by atoms with E-state index in [9.17, 15) is 9.59 Å². The van der Waals surface area contributed by atoms with Crippen molar-refractivity contribution in [2.45, 2.75) is 26.7 Å². The summed E-state index contributed by atoms with van der Waals surface area (Å²) in [6.07, 6.45) is 0.902. The molecule has 0 aliphatic heterocycles. The van der Waals surface area contributed by atoms with E-state index in [1.165, 1.54) is 0 Å². The predicted octanol–water partition coefficient (Wildman–Crippen LogP) is 4.82. The predicted molar refractivity (Wildman–Crippen MR) is 103 cm³/mol. The van der Waals surface area contributed by atoms with Crippen molar-refractivity contribution < 1.29 is 14.3 Å². The van der Waals surface area contributed by atoms with Gasteiger partial charge < -0.3 is 9.53 Å².